The lowest BCUT2D eigenvalue weighted by Gasteiger charge is -2.09. The maximum absolute atomic E-state index is 10.3. The Balaban J connectivity index is 3.13. The van der Waals surface area contributed by atoms with Gasteiger partial charge in [-0.1, -0.05) is 106 Å². The van der Waals surface area contributed by atoms with E-state index < -0.39 is 5.97 Å². The Morgan fingerprint density at radius 1 is 0.739 bits per heavy atom. The van der Waals surface area contributed by atoms with Crippen LogP contribution in [0.2, 0.25) is 0 Å². The molecular formula is C20H38BrO2-. The summed E-state index contributed by atoms with van der Waals surface area (Å²) >= 11 is 3.71. The fraction of sp³-hybridized carbons (Fsp3) is 0.950. The molecule has 23 heavy (non-hydrogen) atoms. The standard InChI is InChI=1S/C20H39BrO2/c1-2-3-4-5-6-7-8-9-10-11-12-13-16-19(21)17-14-15-18-20(22)23/h19H,2-18H2,1H3,(H,22,23)/p-1. The maximum atomic E-state index is 10.3. The van der Waals surface area contributed by atoms with Crippen LogP contribution in [0.5, 0.6) is 0 Å². The zero-order chi connectivity index (χ0) is 17.2. The summed E-state index contributed by atoms with van der Waals surface area (Å²) in [5.74, 6) is -0.919. The molecule has 0 aromatic carbocycles. The fourth-order valence-electron chi connectivity index (χ4n) is 2.99. The Bertz CT molecular complexity index is 256. The monoisotopic (exact) mass is 389 g/mol. The van der Waals surface area contributed by atoms with Crippen molar-refractivity contribution in [1.82, 2.24) is 0 Å². The molecule has 0 heterocycles. The fourth-order valence-corrected chi connectivity index (χ4v) is 3.63. The summed E-state index contributed by atoms with van der Waals surface area (Å²) in [6.45, 7) is 2.27. The van der Waals surface area contributed by atoms with E-state index in [1.807, 2.05) is 0 Å². The molecule has 1 atom stereocenters. The van der Waals surface area contributed by atoms with E-state index in [-0.39, 0.29) is 6.42 Å². The van der Waals surface area contributed by atoms with Crippen LogP contribution in [0.3, 0.4) is 0 Å². The van der Waals surface area contributed by atoms with Crippen molar-refractivity contribution in [2.24, 2.45) is 0 Å². The molecular weight excluding hydrogens is 352 g/mol. The first-order chi connectivity index (χ1) is 11.2. The third kappa shape index (κ3) is 19.9. The minimum atomic E-state index is -0.919. The summed E-state index contributed by atoms with van der Waals surface area (Å²) in [4.78, 5) is 10.9. The molecule has 0 saturated heterocycles. The number of carbonyl (C=O) groups excluding carboxylic acids is 1. The van der Waals surface area contributed by atoms with Crippen LogP contribution in [0.1, 0.15) is 116 Å². The number of carboxylic acids is 1. The lowest BCUT2D eigenvalue weighted by molar-refractivity contribution is -0.305. The van der Waals surface area contributed by atoms with Crippen LogP contribution < -0.4 is 5.11 Å². The molecule has 0 saturated carbocycles. The van der Waals surface area contributed by atoms with E-state index in [0.29, 0.717) is 4.83 Å². The van der Waals surface area contributed by atoms with Gasteiger partial charge in [0.1, 0.15) is 0 Å². The summed E-state index contributed by atoms with van der Waals surface area (Å²) in [6, 6.07) is 0. The lowest BCUT2D eigenvalue weighted by Crippen LogP contribution is -2.21. The second-order valence-electron chi connectivity index (χ2n) is 6.89. The molecule has 0 amide bonds. The molecule has 1 unspecified atom stereocenters. The average Bonchev–Trinajstić information content (AvgIpc) is 2.52. The zero-order valence-electron chi connectivity index (χ0n) is 15.3. The van der Waals surface area contributed by atoms with Crippen LogP contribution in [0.4, 0.5) is 0 Å². The highest BCUT2D eigenvalue weighted by Crippen LogP contribution is 2.19. The van der Waals surface area contributed by atoms with E-state index in [1.165, 1.54) is 83.5 Å². The van der Waals surface area contributed by atoms with Crippen molar-refractivity contribution in [2.75, 3.05) is 0 Å². The first kappa shape index (κ1) is 22.9. The van der Waals surface area contributed by atoms with Crippen LogP contribution in [0.25, 0.3) is 0 Å². The highest BCUT2D eigenvalue weighted by molar-refractivity contribution is 9.09. The van der Waals surface area contributed by atoms with Crippen molar-refractivity contribution in [3.8, 4) is 0 Å². The van der Waals surface area contributed by atoms with Crippen molar-refractivity contribution >= 4 is 21.9 Å². The van der Waals surface area contributed by atoms with Gasteiger partial charge in [0.15, 0.2) is 0 Å². The summed E-state index contributed by atoms with van der Waals surface area (Å²) in [7, 11) is 0. The van der Waals surface area contributed by atoms with Crippen LogP contribution in [-0.4, -0.2) is 10.8 Å². The maximum Gasteiger partial charge on any atom is 0.0414 e. The zero-order valence-corrected chi connectivity index (χ0v) is 16.9. The molecule has 0 aromatic rings. The Morgan fingerprint density at radius 3 is 1.57 bits per heavy atom. The van der Waals surface area contributed by atoms with Crippen LogP contribution >= 0.6 is 15.9 Å². The molecule has 0 aliphatic rings. The number of halogens is 1. The van der Waals surface area contributed by atoms with Crippen molar-refractivity contribution < 1.29 is 9.90 Å². The van der Waals surface area contributed by atoms with Gasteiger partial charge >= 0.3 is 0 Å². The summed E-state index contributed by atoms with van der Waals surface area (Å²) in [6.07, 6.45) is 21.0. The van der Waals surface area contributed by atoms with Gasteiger partial charge < -0.3 is 9.90 Å². The number of rotatable bonds is 18. The van der Waals surface area contributed by atoms with Gasteiger partial charge in [-0.05, 0) is 25.7 Å². The highest BCUT2D eigenvalue weighted by atomic mass is 79.9. The smallest absolute Gasteiger partial charge is 0.0414 e. The van der Waals surface area contributed by atoms with Crippen molar-refractivity contribution in [3.63, 3.8) is 0 Å². The van der Waals surface area contributed by atoms with Gasteiger partial charge in [-0.25, -0.2) is 0 Å². The van der Waals surface area contributed by atoms with Gasteiger partial charge in [-0.2, -0.15) is 0 Å². The predicted octanol–water partition coefficient (Wildman–Crippen LogP) is 6.15. The number of unbranched alkanes of at least 4 members (excludes halogenated alkanes) is 12. The van der Waals surface area contributed by atoms with Crippen molar-refractivity contribution in [2.45, 2.75) is 121 Å². The van der Waals surface area contributed by atoms with Crippen molar-refractivity contribution in [1.29, 1.82) is 0 Å². The molecule has 0 fully saturated rings. The van der Waals surface area contributed by atoms with E-state index in [4.69, 9.17) is 0 Å². The van der Waals surface area contributed by atoms with Crippen LogP contribution in [-0.2, 0) is 4.79 Å². The SMILES string of the molecule is CCCCCCCCCCCCCCC(Br)CCCCC(=O)[O-]. The van der Waals surface area contributed by atoms with Gasteiger partial charge in [0, 0.05) is 10.8 Å². The number of aliphatic carboxylic acids is 1. The minimum absolute atomic E-state index is 0.207. The van der Waals surface area contributed by atoms with E-state index in [2.05, 4.69) is 22.9 Å². The van der Waals surface area contributed by atoms with Crippen LogP contribution in [0.15, 0.2) is 0 Å². The van der Waals surface area contributed by atoms with Gasteiger partial charge in [-0.15, -0.1) is 0 Å². The van der Waals surface area contributed by atoms with E-state index in [0.717, 1.165) is 19.3 Å². The van der Waals surface area contributed by atoms with Gasteiger partial charge in [0.05, 0.1) is 0 Å². The molecule has 0 spiro atoms. The van der Waals surface area contributed by atoms with Gasteiger partial charge in [0.2, 0.25) is 0 Å². The minimum Gasteiger partial charge on any atom is -0.550 e. The number of hydrogen-bond donors (Lipinski definition) is 0. The summed E-state index contributed by atoms with van der Waals surface area (Å²) < 4.78 is 0. The Hall–Kier alpha value is -0.0500. The molecule has 2 nitrogen and oxygen atoms in total. The number of carbonyl (C=O) groups is 1. The quantitative estimate of drug-likeness (QED) is 0.208. The molecule has 0 bridgehead atoms. The molecule has 0 aromatic heterocycles. The van der Waals surface area contributed by atoms with E-state index in [1.54, 1.807) is 0 Å². The summed E-state index contributed by atoms with van der Waals surface area (Å²) in [5.41, 5.74) is 0. The third-order valence-corrected chi connectivity index (χ3v) is 5.43. The molecule has 0 radical (unpaired) electrons. The third-order valence-electron chi connectivity index (χ3n) is 4.52. The molecule has 0 N–H and O–H groups in total. The predicted molar refractivity (Wildman–Crippen MR) is 102 cm³/mol. The largest absolute Gasteiger partial charge is 0.550 e. The normalized spacial score (nSPS) is 12.4. The van der Waals surface area contributed by atoms with E-state index >= 15 is 0 Å². The second kappa shape index (κ2) is 18.3. The Kier molecular flexibility index (Phi) is 18.3. The average molecular weight is 390 g/mol. The Labute approximate surface area is 152 Å². The van der Waals surface area contributed by atoms with Gasteiger partial charge in [-0.3, -0.25) is 0 Å². The van der Waals surface area contributed by atoms with E-state index in [9.17, 15) is 9.90 Å². The molecule has 0 aliphatic heterocycles. The second-order valence-corrected chi connectivity index (χ2v) is 8.19. The molecule has 0 rings (SSSR count). The molecule has 0 aliphatic carbocycles. The number of alkyl halides is 1. The number of carboxylic acid groups (broad SMARTS) is 1. The van der Waals surface area contributed by atoms with Crippen molar-refractivity contribution in [3.05, 3.63) is 0 Å². The first-order valence-corrected chi connectivity index (χ1v) is 10.9. The molecule has 138 valence electrons. The van der Waals surface area contributed by atoms with Crippen LogP contribution in [0, 0.1) is 0 Å². The lowest BCUT2D eigenvalue weighted by atomic mass is 10.0. The number of hydrogen-bond acceptors (Lipinski definition) is 2. The molecule has 3 heteroatoms. The Morgan fingerprint density at radius 2 is 1.13 bits per heavy atom. The highest BCUT2D eigenvalue weighted by Gasteiger charge is 2.03. The summed E-state index contributed by atoms with van der Waals surface area (Å²) in [5, 5.41) is 10.3. The van der Waals surface area contributed by atoms with Gasteiger partial charge in [0.25, 0.3) is 0 Å². The topological polar surface area (TPSA) is 40.1 Å². The first-order valence-electron chi connectivity index (χ1n) is 10.0.